The van der Waals surface area contributed by atoms with Gasteiger partial charge in [0.05, 0.1) is 15.5 Å². The number of hydrogen-bond acceptors (Lipinski definition) is 6. The smallest absolute Gasteiger partial charge is 0.271 e. The lowest BCUT2D eigenvalue weighted by molar-refractivity contribution is -0.384. The number of non-ortho nitro benzene ring substituents is 1. The third-order valence-corrected chi connectivity index (χ3v) is 8.02. The molecular formula is C29H34N4O6S. The lowest BCUT2D eigenvalue weighted by Gasteiger charge is -2.33. The summed E-state index contributed by atoms with van der Waals surface area (Å²) < 4.78 is 28.4. The van der Waals surface area contributed by atoms with E-state index in [2.05, 4.69) is 5.32 Å². The second-order valence-electron chi connectivity index (χ2n) is 9.70. The Balaban J connectivity index is 2.09. The number of nitrogens with one attached hydrogen (secondary N) is 1. The number of amides is 2. The van der Waals surface area contributed by atoms with E-state index in [9.17, 15) is 28.1 Å². The maximum Gasteiger partial charge on any atom is 0.271 e. The van der Waals surface area contributed by atoms with E-state index in [4.69, 9.17) is 0 Å². The maximum atomic E-state index is 14.0. The first kappa shape index (κ1) is 30.3. The zero-order chi connectivity index (χ0) is 29.4. The number of hydrogen-bond donors (Lipinski definition) is 1. The van der Waals surface area contributed by atoms with Gasteiger partial charge in [-0.2, -0.15) is 0 Å². The number of nitro benzene ring substituents is 1. The summed E-state index contributed by atoms with van der Waals surface area (Å²) in [4.78, 5) is 39.3. The fourth-order valence-electron chi connectivity index (χ4n) is 4.20. The van der Waals surface area contributed by atoms with Gasteiger partial charge in [-0.25, -0.2) is 8.42 Å². The van der Waals surface area contributed by atoms with Gasteiger partial charge in [0.25, 0.3) is 15.7 Å². The summed E-state index contributed by atoms with van der Waals surface area (Å²) in [5.41, 5.74) is 1.43. The maximum absolute atomic E-state index is 14.0. The van der Waals surface area contributed by atoms with Gasteiger partial charge in [0.1, 0.15) is 12.6 Å². The average molecular weight is 567 g/mol. The fraction of sp³-hybridized carbons (Fsp3) is 0.310. The van der Waals surface area contributed by atoms with Gasteiger partial charge in [0.15, 0.2) is 0 Å². The molecule has 1 N–H and O–H groups in total. The number of carbonyl (C=O) groups is 2. The SMILES string of the molecule is CCC(C(=O)NC(C)C)N(Cc1ccc(C)cc1)C(=O)CN(c1cccc([N+](=O)[O-])c1)S(=O)(=O)c1ccccc1. The predicted molar refractivity (Wildman–Crippen MR) is 153 cm³/mol. The van der Waals surface area contributed by atoms with E-state index < -0.39 is 33.4 Å². The van der Waals surface area contributed by atoms with Crippen molar-refractivity contribution in [2.45, 2.75) is 57.6 Å². The van der Waals surface area contributed by atoms with E-state index in [1.165, 1.54) is 35.2 Å². The Hall–Kier alpha value is -4.25. The molecule has 212 valence electrons. The minimum absolute atomic E-state index is 0.0404. The fourth-order valence-corrected chi connectivity index (χ4v) is 5.63. The molecule has 2 amide bonds. The number of rotatable bonds is 12. The number of benzene rings is 3. The second kappa shape index (κ2) is 13.2. The molecule has 0 bridgehead atoms. The molecule has 3 aromatic carbocycles. The summed E-state index contributed by atoms with van der Waals surface area (Å²) in [6.45, 7) is 6.73. The topological polar surface area (TPSA) is 130 Å². The monoisotopic (exact) mass is 566 g/mol. The molecular weight excluding hydrogens is 532 g/mol. The van der Waals surface area contributed by atoms with Crippen LogP contribution in [-0.4, -0.2) is 48.7 Å². The highest BCUT2D eigenvalue weighted by atomic mass is 32.2. The lowest BCUT2D eigenvalue weighted by atomic mass is 10.1. The molecule has 0 saturated carbocycles. The third kappa shape index (κ3) is 7.44. The highest BCUT2D eigenvalue weighted by molar-refractivity contribution is 7.92. The molecule has 0 fully saturated rings. The molecule has 0 saturated heterocycles. The molecule has 0 heterocycles. The van der Waals surface area contributed by atoms with Crippen molar-refractivity contribution >= 4 is 33.2 Å². The van der Waals surface area contributed by atoms with Crippen LogP contribution in [0.2, 0.25) is 0 Å². The molecule has 11 heteroatoms. The van der Waals surface area contributed by atoms with E-state index >= 15 is 0 Å². The highest BCUT2D eigenvalue weighted by Gasteiger charge is 2.34. The van der Waals surface area contributed by atoms with Crippen LogP contribution in [-0.2, 0) is 26.2 Å². The molecule has 0 radical (unpaired) electrons. The minimum Gasteiger partial charge on any atom is -0.352 e. The van der Waals surface area contributed by atoms with Crippen molar-refractivity contribution in [2.24, 2.45) is 0 Å². The molecule has 3 aromatic rings. The number of nitro groups is 1. The first-order valence-corrected chi connectivity index (χ1v) is 14.4. The van der Waals surface area contributed by atoms with Crippen molar-refractivity contribution in [3.8, 4) is 0 Å². The van der Waals surface area contributed by atoms with Crippen LogP contribution in [0.5, 0.6) is 0 Å². The Morgan fingerprint density at radius 2 is 1.62 bits per heavy atom. The second-order valence-corrected chi connectivity index (χ2v) is 11.6. The molecule has 0 spiro atoms. The molecule has 0 aromatic heterocycles. The molecule has 1 unspecified atom stereocenters. The molecule has 0 aliphatic rings. The van der Waals surface area contributed by atoms with Gasteiger partial charge < -0.3 is 10.2 Å². The van der Waals surface area contributed by atoms with Crippen molar-refractivity contribution in [1.82, 2.24) is 10.2 Å². The zero-order valence-corrected chi connectivity index (χ0v) is 23.8. The van der Waals surface area contributed by atoms with E-state index in [-0.39, 0.29) is 34.8 Å². The number of carbonyl (C=O) groups excluding carboxylic acids is 2. The van der Waals surface area contributed by atoms with Gasteiger partial charge in [-0.05, 0) is 51.0 Å². The largest absolute Gasteiger partial charge is 0.352 e. The van der Waals surface area contributed by atoms with Gasteiger partial charge >= 0.3 is 0 Å². The van der Waals surface area contributed by atoms with Crippen molar-refractivity contribution < 1.29 is 22.9 Å². The van der Waals surface area contributed by atoms with Crippen LogP contribution in [0.4, 0.5) is 11.4 Å². The minimum atomic E-state index is -4.31. The third-order valence-electron chi connectivity index (χ3n) is 6.23. The lowest BCUT2D eigenvalue weighted by Crippen LogP contribution is -2.53. The molecule has 0 aliphatic carbocycles. The van der Waals surface area contributed by atoms with Gasteiger partial charge in [0.2, 0.25) is 11.8 Å². The van der Waals surface area contributed by atoms with Crippen molar-refractivity contribution in [1.29, 1.82) is 0 Å². The van der Waals surface area contributed by atoms with E-state index in [1.54, 1.807) is 25.1 Å². The molecule has 40 heavy (non-hydrogen) atoms. The van der Waals surface area contributed by atoms with Crippen LogP contribution in [0.3, 0.4) is 0 Å². The van der Waals surface area contributed by atoms with Gasteiger partial charge in [-0.3, -0.25) is 24.0 Å². The Labute approximate surface area is 234 Å². The summed E-state index contributed by atoms with van der Waals surface area (Å²) in [6, 6.07) is 19.1. The van der Waals surface area contributed by atoms with Crippen LogP contribution in [0.1, 0.15) is 38.3 Å². The normalized spacial score (nSPS) is 12.0. The van der Waals surface area contributed by atoms with E-state index in [0.29, 0.717) is 6.42 Å². The quantitative estimate of drug-likeness (QED) is 0.255. The number of aryl methyl sites for hydroxylation is 1. The Kier molecular flexibility index (Phi) is 10.0. The molecule has 10 nitrogen and oxygen atoms in total. The Bertz CT molecular complexity index is 1440. The number of sulfonamides is 1. The van der Waals surface area contributed by atoms with Crippen LogP contribution < -0.4 is 9.62 Å². The summed E-state index contributed by atoms with van der Waals surface area (Å²) in [7, 11) is -4.31. The summed E-state index contributed by atoms with van der Waals surface area (Å²) in [5, 5.41) is 14.3. The van der Waals surface area contributed by atoms with Crippen LogP contribution >= 0.6 is 0 Å². The predicted octanol–water partition coefficient (Wildman–Crippen LogP) is 4.43. The first-order valence-electron chi connectivity index (χ1n) is 12.9. The number of nitrogens with zero attached hydrogens (tertiary/aromatic N) is 3. The van der Waals surface area contributed by atoms with E-state index in [1.807, 2.05) is 45.0 Å². The molecule has 0 aliphatic heterocycles. The number of anilines is 1. The highest BCUT2D eigenvalue weighted by Crippen LogP contribution is 2.27. The van der Waals surface area contributed by atoms with Crippen LogP contribution in [0, 0.1) is 17.0 Å². The summed E-state index contributed by atoms with van der Waals surface area (Å²) in [6.07, 6.45) is 0.290. The zero-order valence-electron chi connectivity index (χ0n) is 23.0. The van der Waals surface area contributed by atoms with Crippen LogP contribution in [0.15, 0.2) is 83.8 Å². The van der Waals surface area contributed by atoms with Gasteiger partial charge in [0, 0.05) is 24.7 Å². The van der Waals surface area contributed by atoms with Crippen molar-refractivity contribution in [2.75, 3.05) is 10.8 Å². The van der Waals surface area contributed by atoms with Gasteiger partial charge in [-0.15, -0.1) is 0 Å². The first-order chi connectivity index (χ1) is 18.9. The summed E-state index contributed by atoms with van der Waals surface area (Å²) in [5.74, 6) is -0.983. The average Bonchev–Trinajstić information content (AvgIpc) is 2.92. The van der Waals surface area contributed by atoms with Gasteiger partial charge in [-0.1, -0.05) is 61.0 Å². The Morgan fingerprint density at radius 1 is 0.975 bits per heavy atom. The summed E-state index contributed by atoms with van der Waals surface area (Å²) >= 11 is 0. The van der Waals surface area contributed by atoms with E-state index in [0.717, 1.165) is 21.5 Å². The molecule has 3 rings (SSSR count). The van der Waals surface area contributed by atoms with Crippen LogP contribution in [0.25, 0.3) is 0 Å². The van der Waals surface area contributed by atoms with Crippen molar-refractivity contribution in [3.63, 3.8) is 0 Å². The standard InChI is InChI=1S/C29H34N4O6S/c1-5-27(29(35)30-21(2)3)31(19-23-16-14-22(4)15-17-23)28(34)20-32(24-10-9-11-25(18-24)33(36)37)40(38,39)26-12-7-6-8-13-26/h6-18,21,27H,5,19-20H2,1-4H3,(H,30,35). The van der Waals surface area contributed by atoms with Crippen molar-refractivity contribution in [3.05, 3.63) is 100 Å². The Morgan fingerprint density at radius 3 is 2.20 bits per heavy atom. The molecule has 1 atom stereocenters.